The molecule has 0 aliphatic heterocycles. The van der Waals surface area contributed by atoms with E-state index in [1.54, 1.807) is 0 Å². The molecule has 0 bridgehead atoms. The predicted octanol–water partition coefficient (Wildman–Crippen LogP) is 3.45. The zero-order chi connectivity index (χ0) is 9.80. The van der Waals surface area contributed by atoms with Gasteiger partial charge in [0.05, 0.1) is 10.2 Å². The van der Waals surface area contributed by atoms with Crippen LogP contribution in [0.25, 0.3) is 0 Å². The van der Waals surface area contributed by atoms with Crippen molar-refractivity contribution in [3.8, 4) is 0 Å². The van der Waals surface area contributed by atoms with Gasteiger partial charge in [0.25, 0.3) is 0 Å². The zero-order valence-corrected chi connectivity index (χ0v) is 9.76. The van der Waals surface area contributed by atoms with E-state index < -0.39 is 0 Å². The highest BCUT2D eigenvalue weighted by Crippen LogP contribution is 2.29. The summed E-state index contributed by atoms with van der Waals surface area (Å²) in [4.78, 5) is 4.03. The summed E-state index contributed by atoms with van der Waals surface area (Å²) in [5, 5.41) is 3.43. The van der Waals surface area contributed by atoms with Crippen LogP contribution in [0.3, 0.4) is 0 Å². The van der Waals surface area contributed by atoms with Crippen LogP contribution in [0.4, 0.5) is 5.69 Å². The van der Waals surface area contributed by atoms with Crippen molar-refractivity contribution in [3.63, 3.8) is 0 Å². The molecule has 0 atom stereocenters. The second kappa shape index (κ2) is 4.78. The van der Waals surface area contributed by atoms with E-state index in [2.05, 4.69) is 26.2 Å². The van der Waals surface area contributed by atoms with Crippen molar-refractivity contribution in [3.05, 3.63) is 22.9 Å². The van der Waals surface area contributed by atoms with Crippen LogP contribution in [0.1, 0.15) is 25.7 Å². The molecule has 0 spiro atoms. The average molecular weight is 255 g/mol. The topological polar surface area (TPSA) is 24.9 Å². The Balaban J connectivity index is 1.76. The molecule has 0 saturated heterocycles. The Labute approximate surface area is 93.3 Å². The van der Waals surface area contributed by atoms with Crippen LogP contribution >= 0.6 is 15.9 Å². The van der Waals surface area contributed by atoms with Crippen molar-refractivity contribution in [2.45, 2.75) is 25.7 Å². The molecule has 1 aliphatic rings. The molecule has 1 N–H and O–H groups in total. The number of anilines is 1. The summed E-state index contributed by atoms with van der Waals surface area (Å²) in [5.41, 5.74) is 1.15. The van der Waals surface area contributed by atoms with Crippen molar-refractivity contribution in [2.24, 2.45) is 5.92 Å². The summed E-state index contributed by atoms with van der Waals surface area (Å²) >= 11 is 3.47. The van der Waals surface area contributed by atoms with E-state index in [-0.39, 0.29) is 0 Å². The summed E-state index contributed by atoms with van der Waals surface area (Å²) in [6.45, 7) is 1.08. The van der Waals surface area contributed by atoms with Crippen LogP contribution in [0.5, 0.6) is 0 Å². The number of halogens is 1. The lowest BCUT2D eigenvalue weighted by atomic mass is 9.83. The molecule has 0 unspecified atom stereocenters. The molecule has 14 heavy (non-hydrogen) atoms. The molecule has 1 aromatic rings. The molecule has 3 heteroatoms. The SMILES string of the molecule is Brc1cnccc1NCCC1CCC1. The molecule has 0 aromatic carbocycles. The Bertz CT molecular complexity index is 297. The average Bonchev–Trinajstić information content (AvgIpc) is 2.12. The number of hydrogen-bond donors (Lipinski definition) is 1. The lowest BCUT2D eigenvalue weighted by molar-refractivity contribution is 0.303. The monoisotopic (exact) mass is 254 g/mol. The third kappa shape index (κ3) is 2.47. The molecule has 2 rings (SSSR count). The van der Waals surface area contributed by atoms with Crippen molar-refractivity contribution < 1.29 is 0 Å². The molecule has 1 saturated carbocycles. The normalized spacial score (nSPS) is 16.4. The number of rotatable bonds is 4. The van der Waals surface area contributed by atoms with E-state index in [0.717, 1.165) is 22.6 Å². The maximum atomic E-state index is 4.03. The quantitative estimate of drug-likeness (QED) is 0.891. The highest BCUT2D eigenvalue weighted by atomic mass is 79.9. The largest absolute Gasteiger partial charge is 0.384 e. The lowest BCUT2D eigenvalue weighted by Crippen LogP contribution is -2.15. The Kier molecular flexibility index (Phi) is 3.40. The van der Waals surface area contributed by atoms with Crippen molar-refractivity contribution in [1.82, 2.24) is 4.98 Å². The summed E-state index contributed by atoms with van der Waals surface area (Å²) in [6, 6.07) is 2.00. The third-order valence-corrected chi connectivity index (χ3v) is 3.50. The molecule has 2 nitrogen and oxygen atoms in total. The van der Waals surface area contributed by atoms with E-state index in [4.69, 9.17) is 0 Å². The minimum absolute atomic E-state index is 0.975. The molecule has 0 amide bonds. The molecule has 1 aromatic heterocycles. The van der Waals surface area contributed by atoms with Crippen molar-refractivity contribution in [2.75, 3.05) is 11.9 Å². The first-order valence-corrected chi connectivity index (χ1v) is 5.99. The smallest absolute Gasteiger partial charge is 0.0590 e. The summed E-state index contributed by atoms with van der Waals surface area (Å²) < 4.78 is 1.05. The molecule has 1 heterocycles. The highest BCUT2D eigenvalue weighted by Gasteiger charge is 2.16. The molecule has 76 valence electrons. The van der Waals surface area contributed by atoms with Crippen LogP contribution in [0, 0.1) is 5.92 Å². The second-order valence-electron chi connectivity index (χ2n) is 3.87. The Morgan fingerprint density at radius 1 is 1.50 bits per heavy atom. The molecular formula is C11H15BrN2. The van der Waals surface area contributed by atoms with Gasteiger partial charge in [-0.1, -0.05) is 19.3 Å². The number of nitrogens with zero attached hydrogens (tertiary/aromatic N) is 1. The minimum Gasteiger partial charge on any atom is -0.384 e. The van der Waals surface area contributed by atoms with Crippen LogP contribution < -0.4 is 5.32 Å². The van der Waals surface area contributed by atoms with Gasteiger partial charge in [0.15, 0.2) is 0 Å². The van der Waals surface area contributed by atoms with Crippen LogP contribution in [-0.2, 0) is 0 Å². The Morgan fingerprint density at radius 2 is 2.36 bits per heavy atom. The maximum Gasteiger partial charge on any atom is 0.0590 e. The summed E-state index contributed by atoms with van der Waals surface area (Å²) in [7, 11) is 0. The number of aromatic nitrogens is 1. The summed E-state index contributed by atoms with van der Waals surface area (Å²) in [6.07, 6.45) is 9.24. The predicted molar refractivity (Wildman–Crippen MR) is 62.4 cm³/mol. The number of hydrogen-bond acceptors (Lipinski definition) is 2. The highest BCUT2D eigenvalue weighted by molar-refractivity contribution is 9.10. The molecular weight excluding hydrogens is 240 g/mol. The first-order valence-electron chi connectivity index (χ1n) is 5.19. The van der Waals surface area contributed by atoms with Gasteiger partial charge < -0.3 is 5.32 Å². The lowest BCUT2D eigenvalue weighted by Gasteiger charge is -2.25. The van der Waals surface area contributed by atoms with Gasteiger partial charge in [-0.2, -0.15) is 0 Å². The maximum absolute atomic E-state index is 4.03. The third-order valence-electron chi connectivity index (χ3n) is 2.87. The zero-order valence-electron chi connectivity index (χ0n) is 8.17. The first-order chi connectivity index (χ1) is 6.86. The first kappa shape index (κ1) is 9.97. The van der Waals surface area contributed by atoms with E-state index in [1.165, 1.54) is 25.7 Å². The molecule has 0 radical (unpaired) electrons. The second-order valence-corrected chi connectivity index (χ2v) is 4.72. The minimum atomic E-state index is 0.975. The fourth-order valence-corrected chi connectivity index (χ4v) is 2.10. The standard InChI is InChI=1S/C11H15BrN2/c12-10-8-13-6-5-11(10)14-7-4-9-2-1-3-9/h5-6,8-9H,1-4,7H2,(H,13,14). The van der Waals surface area contributed by atoms with E-state index in [1.807, 2.05) is 18.5 Å². The van der Waals surface area contributed by atoms with Gasteiger partial charge in [-0.15, -0.1) is 0 Å². The molecule has 1 aliphatic carbocycles. The van der Waals surface area contributed by atoms with Gasteiger partial charge in [0.1, 0.15) is 0 Å². The van der Waals surface area contributed by atoms with Crippen LogP contribution in [0.15, 0.2) is 22.9 Å². The van der Waals surface area contributed by atoms with Gasteiger partial charge in [-0.25, -0.2) is 0 Å². The Hall–Kier alpha value is -0.570. The van der Waals surface area contributed by atoms with Gasteiger partial charge in [-0.3, -0.25) is 4.98 Å². The van der Waals surface area contributed by atoms with Crippen LogP contribution in [0.2, 0.25) is 0 Å². The summed E-state index contributed by atoms with van der Waals surface area (Å²) in [5.74, 6) is 0.975. The van der Waals surface area contributed by atoms with E-state index >= 15 is 0 Å². The fraction of sp³-hybridized carbons (Fsp3) is 0.545. The van der Waals surface area contributed by atoms with Gasteiger partial charge >= 0.3 is 0 Å². The van der Waals surface area contributed by atoms with E-state index in [0.29, 0.717) is 0 Å². The van der Waals surface area contributed by atoms with Gasteiger partial charge in [0.2, 0.25) is 0 Å². The van der Waals surface area contributed by atoms with Gasteiger partial charge in [0, 0.05) is 18.9 Å². The van der Waals surface area contributed by atoms with Crippen molar-refractivity contribution >= 4 is 21.6 Å². The Morgan fingerprint density at radius 3 is 3.00 bits per heavy atom. The van der Waals surface area contributed by atoms with Crippen LogP contribution in [-0.4, -0.2) is 11.5 Å². The van der Waals surface area contributed by atoms with Crippen molar-refractivity contribution in [1.29, 1.82) is 0 Å². The number of nitrogens with one attached hydrogen (secondary N) is 1. The fourth-order valence-electron chi connectivity index (χ4n) is 1.71. The van der Waals surface area contributed by atoms with E-state index in [9.17, 15) is 0 Å². The van der Waals surface area contributed by atoms with Gasteiger partial charge in [-0.05, 0) is 34.3 Å². The number of pyridine rings is 1. The molecule has 1 fully saturated rings.